The molecule has 3 N–H and O–H groups in total. The molecule has 0 unspecified atom stereocenters. The summed E-state index contributed by atoms with van der Waals surface area (Å²) in [5.74, 6) is 0.367. The summed E-state index contributed by atoms with van der Waals surface area (Å²) in [5.41, 5.74) is 0.405. The molecule has 2 aliphatic heterocycles. The number of rotatable bonds is 1. The molecule has 2 aliphatic rings. The van der Waals surface area contributed by atoms with Crippen molar-refractivity contribution in [3.05, 3.63) is 11.8 Å². The monoisotopic (exact) mass is 216 g/mol. The number of nitrogens with zero attached hydrogens (tertiary/aromatic N) is 1. The molecule has 2 rings (SSSR count). The van der Waals surface area contributed by atoms with Crippen LogP contribution in [0.3, 0.4) is 0 Å². The Bertz CT molecular complexity index is 303. The molecule has 0 spiro atoms. The summed E-state index contributed by atoms with van der Waals surface area (Å²) in [7, 11) is 1.32. The zero-order chi connectivity index (χ0) is 9.42. The summed E-state index contributed by atoms with van der Waals surface area (Å²) in [6.45, 7) is 0. The van der Waals surface area contributed by atoms with Gasteiger partial charge in [0.2, 0.25) is 5.91 Å². The lowest BCUT2D eigenvalue weighted by Crippen LogP contribution is -2.53. The van der Waals surface area contributed by atoms with Crippen molar-refractivity contribution in [2.75, 3.05) is 12.9 Å². The Hall–Kier alpha value is -1.01. The molecule has 2 heterocycles. The van der Waals surface area contributed by atoms with Crippen molar-refractivity contribution in [2.24, 2.45) is 0 Å². The third kappa shape index (κ3) is 1.51. The van der Waals surface area contributed by atoms with Gasteiger partial charge in [-0.05, 0) is 6.08 Å². The highest BCUT2D eigenvalue weighted by Crippen LogP contribution is 2.36. The van der Waals surface area contributed by atoms with E-state index in [9.17, 15) is 9.59 Å². The van der Waals surface area contributed by atoms with Gasteiger partial charge >= 0.3 is 5.97 Å². The number of thioether (sulfide) groups is 1. The molecule has 78 valence electrons. The van der Waals surface area contributed by atoms with Crippen LogP contribution in [0.2, 0.25) is 0 Å². The molecule has 1 saturated heterocycles. The quantitative estimate of drug-likeness (QED) is 0.510. The van der Waals surface area contributed by atoms with E-state index in [1.165, 1.54) is 12.0 Å². The van der Waals surface area contributed by atoms with Crippen molar-refractivity contribution in [3.8, 4) is 0 Å². The maximum Gasteiger partial charge on any atom is 0.354 e. The Morgan fingerprint density at radius 1 is 1.71 bits per heavy atom. The van der Waals surface area contributed by atoms with Gasteiger partial charge in [0.05, 0.1) is 18.9 Å². The number of carbonyl (C=O) groups is 2. The van der Waals surface area contributed by atoms with E-state index in [0.717, 1.165) is 5.75 Å². The van der Waals surface area contributed by atoms with E-state index in [0.29, 0.717) is 12.1 Å². The van der Waals surface area contributed by atoms with Crippen LogP contribution < -0.4 is 6.15 Å². The van der Waals surface area contributed by atoms with Gasteiger partial charge in [-0.1, -0.05) is 0 Å². The molecule has 0 aromatic carbocycles. The first-order chi connectivity index (χ1) is 6.24. The number of amides is 1. The molecule has 6 heteroatoms. The Labute approximate surface area is 86.0 Å². The van der Waals surface area contributed by atoms with Crippen molar-refractivity contribution < 1.29 is 14.3 Å². The van der Waals surface area contributed by atoms with Gasteiger partial charge in [0.15, 0.2) is 0 Å². The van der Waals surface area contributed by atoms with Crippen molar-refractivity contribution in [1.82, 2.24) is 11.1 Å². The minimum atomic E-state index is -0.418. The van der Waals surface area contributed by atoms with E-state index in [4.69, 9.17) is 0 Å². The Morgan fingerprint density at radius 3 is 3.00 bits per heavy atom. The van der Waals surface area contributed by atoms with Crippen molar-refractivity contribution >= 4 is 23.6 Å². The van der Waals surface area contributed by atoms with E-state index in [1.54, 1.807) is 17.8 Å². The second-order valence-corrected chi connectivity index (χ2v) is 4.05. The maximum atomic E-state index is 11.2. The molecular weight excluding hydrogens is 204 g/mol. The van der Waals surface area contributed by atoms with Gasteiger partial charge in [0, 0.05) is 5.75 Å². The van der Waals surface area contributed by atoms with Gasteiger partial charge in [-0.2, -0.15) is 0 Å². The van der Waals surface area contributed by atoms with E-state index in [1.807, 2.05) is 0 Å². The second kappa shape index (κ2) is 4.02. The van der Waals surface area contributed by atoms with Crippen LogP contribution in [0.1, 0.15) is 6.42 Å². The predicted octanol–water partition coefficient (Wildman–Crippen LogP) is 0.510. The second-order valence-electron chi connectivity index (χ2n) is 2.84. The highest BCUT2D eigenvalue weighted by atomic mass is 32.2. The fourth-order valence-corrected chi connectivity index (χ4v) is 2.55. The molecule has 1 atom stereocenters. The van der Waals surface area contributed by atoms with Gasteiger partial charge in [-0.3, -0.25) is 9.69 Å². The van der Waals surface area contributed by atoms with E-state index >= 15 is 0 Å². The lowest BCUT2D eigenvalue weighted by molar-refractivity contribution is -0.147. The van der Waals surface area contributed by atoms with Gasteiger partial charge in [-0.15, -0.1) is 11.8 Å². The Balaban J connectivity index is 0.000000980. The SMILES string of the molecule is COC(=O)C1=CCS[C@@H]2CC(=O)N12.N. The lowest BCUT2D eigenvalue weighted by Gasteiger charge is -2.42. The van der Waals surface area contributed by atoms with Gasteiger partial charge in [0.25, 0.3) is 0 Å². The van der Waals surface area contributed by atoms with Crippen LogP contribution in [-0.2, 0) is 14.3 Å². The van der Waals surface area contributed by atoms with Gasteiger partial charge in [0.1, 0.15) is 5.70 Å². The minimum absolute atomic E-state index is 0. The fourth-order valence-electron chi connectivity index (χ4n) is 1.43. The zero-order valence-electron chi connectivity index (χ0n) is 7.86. The van der Waals surface area contributed by atoms with E-state index < -0.39 is 5.97 Å². The summed E-state index contributed by atoms with van der Waals surface area (Å²) < 4.78 is 4.58. The molecule has 14 heavy (non-hydrogen) atoms. The molecule has 0 aliphatic carbocycles. The molecule has 1 amide bonds. The molecule has 0 bridgehead atoms. The first-order valence-electron chi connectivity index (χ1n) is 3.96. The number of methoxy groups -OCH3 is 1. The maximum absolute atomic E-state index is 11.2. The number of ether oxygens (including phenoxy) is 1. The van der Waals surface area contributed by atoms with Crippen LogP contribution in [0.25, 0.3) is 0 Å². The van der Waals surface area contributed by atoms with Crippen molar-refractivity contribution in [2.45, 2.75) is 11.8 Å². The molecule has 0 saturated carbocycles. The Kier molecular flexibility index (Phi) is 3.17. The molecule has 1 fully saturated rings. The van der Waals surface area contributed by atoms with Crippen LogP contribution in [0.4, 0.5) is 0 Å². The number of β-lactam (4-membered cyclic amide) rings is 1. The Morgan fingerprint density at radius 2 is 2.43 bits per heavy atom. The topological polar surface area (TPSA) is 81.6 Å². The highest BCUT2D eigenvalue weighted by molar-refractivity contribution is 8.00. The lowest BCUT2D eigenvalue weighted by atomic mass is 10.1. The third-order valence-electron chi connectivity index (χ3n) is 2.13. The molecule has 0 aromatic heterocycles. The first-order valence-corrected chi connectivity index (χ1v) is 5.01. The number of esters is 1. The summed E-state index contributed by atoms with van der Waals surface area (Å²) in [6.07, 6.45) is 2.28. The van der Waals surface area contributed by atoms with Crippen molar-refractivity contribution in [3.63, 3.8) is 0 Å². The average Bonchev–Trinajstić information content (AvgIpc) is 2.14. The fraction of sp³-hybridized carbons (Fsp3) is 0.500. The number of hydrogen-bond acceptors (Lipinski definition) is 5. The van der Waals surface area contributed by atoms with Crippen LogP contribution in [0.15, 0.2) is 11.8 Å². The standard InChI is InChI=1S/C8H9NO3S.H3N/c1-12-8(11)5-2-3-13-7-4-6(10)9(5)7;/h2,7H,3-4H2,1H3;1H3/t7-;/m1./s1. The van der Waals surface area contributed by atoms with Gasteiger partial charge < -0.3 is 10.9 Å². The molecule has 5 nitrogen and oxygen atoms in total. The largest absolute Gasteiger partial charge is 0.464 e. The normalized spacial score (nSPS) is 24.1. The molecular formula is C8H12N2O3S. The van der Waals surface area contributed by atoms with Gasteiger partial charge in [-0.25, -0.2) is 4.79 Å². The van der Waals surface area contributed by atoms with Crippen LogP contribution in [0.5, 0.6) is 0 Å². The molecule has 0 radical (unpaired) electrons. The number of fused-ring (bicyclic) bond motifs is 1. The third-order valence-corrected chi connectivity index (χ3v) is 3.25. The number of hydrogen-bond donors (Lipinski definition) is 1. The molecule has 0 aromatic rings. The summed E-state index contributed by atoms with van der Waals surface area (Å²) >= 11 is 1.67. The summed E-state index contributed by atoms with van der Waals surface area (Å²) in [5, 5.41) is 0.159. The van der Waals surface area contributed by atoms with Crippen molar-refractivity contribution in [1.29, 1.82) is 0 Å². The zero-order valence-corrected chi connectivity index (χ0v) is 8.67. The summed E-state index contributed by atoms with van der Waals surface area (Å²) in [4.78, 5) is 23.9. The minimum Gasteiger partial charge on any atom is -0.464 e. The van der Waals surface area contributed by atoms with E-state index in [2.05, 4.69) is 4.74 Å². The van der Waals surface area contributed by atoms with Crippen LogP contribution in [-0.4, -0.2) is 35.0 Å². The van der Waals surface area contributed by atoms with E-state index in [-0.39, 0.29) is 17.4 Å². The smallest absolute Gasteiger partial charge is 0.354 e. The highest BCUT2D eigenvalue weighted by Gasteiger charge is 2.43. The van der Waals surface area contributed by atoms with Crippen LogP contribution >= 0.6 is 11.8 Å². The first kappa shape index (κ1) is 11.1. The predicted molar refractivity (Wildman–Crippen MR) is 52.8 cm³/mol. The number of carbonyl (C=O) groups excluding carboxylic acids is 2. The average molecular weight is 216 g/mol. The summed E-state index contributed by atoms with van der Waals surface area (Å²) in [6, 6.07) is 0. The van der Waals surface area contributed by atoms with Crippen LogP contribution in [0, 0.1) is 0 Å².